The molecule has 5 heteroatoms. The van der Waals surface area contributed by atoms with Gasteiger partial charge in [0.15, 0.2) is 0 Å². The van der Waals surface area contributed by atoms with Crippen molar-refractivity contribution in [3.05, 3.63) is 23.3 Å². The summed E-state index contributed by atoms with van der Waals surface area (Å²) >= 11 is 0. The van der Waals surface area contributed by atoms with Crippen LogP contribution >= 0.6 is 0 Å². The number of ether oxygens (including phenoxy) is 1. The molecule has 0 aliphatic heterocycles. The number of rotatable bonds is 6. The Labute approximate surface area is 118 Å². The van der Waals surface area contributed by atoms with Gasteiger partial charge in [-0.3, -0.25) is 0 Å². The third-order valence-corrected chi connectivity index (χ3v) is 3.30. The van der Waals surface area contributed by atoms with Crippen LogP contribution in [0, 0.1) is 0 Å². The molecule has 5 nitrogen and oxygen atoms in total. The van der Waals surface area contributed by atoms with E-state index in [-0.39, 0.29) is 5.75 Å². The van der Waals surface area contributed by atoms with E-state index in [2.05, 4.69) is 10.5 Å². The molecule has 0 amide bonds. The Hall–Kier alpha value is -2.04. The van der Waals surface area contributed by atoms with E-state index in [0.717, 1.165) is 42.4 Å². The maximum atomic E-state index is 10.2. The van der Waals surface area contributed by atoms with Crippen molar-refractivity contribution in [1.82, 2.24) is 5.43 Å². The first-order valence-electron chi connectivity index (χ1n) is 6.92. The van der Waals surface area contributed by atoms with Gasteiger partial charge in [-0.1, -0.05) is 0 Å². The third kappa shape index (κ3) is 3.29. The fourth-order valence-electron chi connectivity index (χ4n) is 2.45. The van der Waals surface area contributed by atoms with E-state index in [4.69, 9.17) is 4.74 Å². The van der Waals surface area contributed by atoms with Crippen LogP contribution in [-0.4, -0.2) is 30.8 Å². The lowest BCUT2D eigenvalue weighted by Crippen LogP contribution is -2.15. The van der Waals surface area contributed by atoms with E-state index in [1.54, 1.807) is 13.1 Å². The maximum Gasteiger partial charge on any atom is 0.128 e. The van der Waals surface area contributed by atoms with E-state index >= 15 is 0 Å². The fraction of sp³-hybridized carbons (Fsp3) is 0.467. The lowest BCUT2D eigenvalue weighted by atomic mass is 9.89. The Morgan fingerprint density at radius 3 is 3.05 bits per heavy atom. The number of unbranched alkanes of at least 4 members (excludes halogenated alkanes) is 1. The molecule has 1 aromatic rings. The van der Waals surface area contributed by atoms with Gasteiger partial charge in [0.2, 0.25) is 0 Å². The second-order valence-electron chi connectivity index (χ2n) is 4.77. The predicted molar refractivity (Wildman–Crippen MR) is 77.4 cm³/mol. The summed E-state index contributed by atoms with van der Waals surface area (Å²) < 4.78 is 5.58. The summed E-state index contributed by atoms with van der Waals surface area (Å²) in [5.74, 6) is 0.861. The van der Waals surface area contributed by atoms with Gasteiger partial charge in [-0.15, -0.1) is 0 Å². The maximum absolute atomic E-state index is 10.2. The number of hydrogen-bond acceptors (Lipinski definition) is 5. The summed E-state index contributed by atoms with van der Waals surface area (Å²) in [6.07, 6.45) is 4.86. The number of nitrogens with one attached hydrogen (secondary N) is 1. The molecule has 0 unspecified atom stereocenters. The molecule has 0 saturated heterocycles. The number of aldehydes is 1. The molecule has 0 atom stereocenters. The first-order valence-corrected chi connectivity index (χ1v) is 6.92. The molecular formula is C15H20N2O3. The van der Waals surface area contributed by atoms with Gasteiger partial charge in [0.25, 0.3) is 0 Å². The van der Waals surface area contributed by atoms with Crippen molar-refractivity contribution in [3.8, 4) is 11.5 Å². The van der Waals surface area contributed by atoms with Crippen LogP contribution in [0.1, 0.15) is 36.8 Å². The number of phenolic OH excluding ortho intramolecular Hbond substituents is 1. The van der Waals surface area contributed by atoms with E-state index in [9.17, 15) is 9.90 Å². The summed E-state index contributed by atoms with van der Waals surface area (Å²) in [6, 6.07) is 3.58. The monoisotopic (exact) mass is 276 g/mol. The molecule has 0 radical (unpaired) electrons. The van der Waals surface area contributed by atoms with E-state index in [1.807, 2.05) is 6.07 Å². The molecule has 1 aliphatic carbocycles. The van der Waals surface area contributed by atoms with Crippen molar-refractivity contribution in [1.29, 1.82) is 0 Å². The number of fused-ring (bicyclic) bond motifs is 1. The zero-order valence-electron chi connectivity index (χ0n) is 11.7. The van der Waals surface area contributed by atoms with Gasteiger partial charge >= 0.3 is 0 Å². The predicted octanol–water partition coefficient (Wildman–Crippen LogP) is 2.01. The van der Waals surface area contributed by atoms with Crippen LogP contribution in [0.5, 0.6) is 11.5 Å². The minimum absolute atomic E-state index is 0.210. The van der Waals surface area contributed by atoms with Crippen molar-refractivity contribution in [2.75, 3.05) is 13.7 Å². The molecule has 0 saturated carbocycles. The Balaban J connectivity index is 2.18. The van der Waals surface area contributed by atoms with Crippen molar-refractivity contribution in [2.45, 2.75) is 32.1 Å². The Morgan fingerprint density at radius 1 is 1.45 bits per heavy atom. The minimum atomic E-state index is 0.210. The smallest absolute Gasteiger partial charge is 0.128 e. The zero-order chi connectivity index (χ0) is 14.4. The van der Waals surface area contributed by atoms with Crippen molar-refractivity contribution >= 4 is 12.0 Å². The van der Waals surface area contributed by atoms with Crippen LogP contribution in [0.4, 0.5) is 0 Å². The van der Waals surface area contributed by atoms with Gasteiger partial charge in [0.05, 0.1) is 12.3 Å². The van der Waals surface area contributed by atoms with Crippen LogP contribution in [0.2, 0.25) is 0 Å². The normalized spacial score (nSPS) is 15.8. The number of hydrazone groups is 1. The quantitative estimate of drug-likeness (QED) is 0.473. The van der Waals surface area contributed by atoms with Gasteiger partial charge in [-0.05, 0) is 37.3 Å². The van der Waals surface area contributed by atoms with E-state index in [0.29, 0.717) is 25.2 Å². The summed E-state index contributed by atoms with van der Waals surface area (Å²) in [7, 11) is 1.75. The van der Waals surface area contributed by atoms with Crippen LogP contribution in [-0.2, 0) is 11.2 Å². The molecule has 0 heterocycles. The van der Waals surface area contributed by atoms with Gasteiger partial charge in [0, 0.05) is 25.1 Å². The highest BCUT2D eigenvalue weighted by molar-refractivity contribution is 6.05. The molecule has 1 aromatic carbocycles. The summed E-state index contributed by atoms with van der Waals surface area (Å²) in [6.45, 7) is 0.481. The number of hydrogen-bond donors (Lipinski definition) is 2. The number of aromatic hydroxyl groups is 1. The highest BCUT2D eigenvalue weighted by atomic mass is 16.5. The fourth-order valence-corrected chi connectivity index (χ4v) is 2.45. The highest BCUT2D eigenvalue weighted by Gasteiger charge is 2.20. The van der Waals surface area contributed by atoms with Crippen molar-refractivity contribution in [2.24, 2.45) is 5.10 Å². The Bertz CT molecular complexity index is 512. The summed E-state index contributed by atoms with van der Waals surface area (Å²) in [4.78, 5) is 10.2. The SMILES string of the molecule is CN/N=C1\CCCc2cc(OCCCC=O)cc(O)c21. The molecule has 0 aromatic heterocycles. The Kier molecular flexibility index (Phi) is 4.98. The second kappa shape index (κ2) is 6.93. The van der Waals surface area contributed by atoms with Gasteiger partial charge in [0.1, 0.15) is 17.8 Å². The number of phenols is 1. The highest BCUT2D eigenvalue weighted by Crippen LogP contribution is 2.33. The lowest BCUT2D eigenvalue weighted by Gasteiger charge is -2.20. The molecule has 108 valence electrons. The molecule has 2 N–H and O–H groups in total. The van der Waals surface area contributed by atoms with Crippen LogP contribution < -0.4 is 10.2 Å². The standard InChI is InChI=1S/C15H20N2O3/c1-16-17-13-6-4-5-11-9-12(10-14(19)15(11)13)20-8-3-2-7-18/h7,9-10,16,19H,2-6,8H2,1H3/b17-13+. The van der Waals surface area contributed by atoms with Gasteiger partial charge in [-0.25, -0.2) is 0 Å². The third-order valence-electron chi connectivity index (χ3n) is 3.30. The second-order valence-corrected chi connectivity index (χ2v) is 4.77. The molecule has 0 bridgehead atoms. The average Bonchev–Trinajstić information content (AvgIpc) is 2.44. The largest absolute Gasteiger partial charge is 0.507 e. The molecule has 1 aliphatic rings. The molecule has 0 fully saturated rings. The molecular weight excluding hydrogens is 256 g/mol. The van der Waals surface area contributed by atoms with E-state index < -0.39 is 0 Å². The summed E-state index contributed by atoms with van der Waals surface area (Å²) in [5, 5.41) is 14.4. The Morgan fingerprint density at radius 2 is 2.30 bits per heavy atom. The van der Waals surface area contributed by atoms with Gasteiger partial charge < -0.3 is 20.1 Å². The number of aryl methyl sites for hydroxylation is 1. The van der Waals surface area contributed by atoms with Gasteiger partial charge in [-0.2, -0.15) is 5.10 Å². The summed E-state index contributed by atoms with van der Waals surface area (Å²) in [5.41, 5.74) is 5.56. The first-order chi connectivity index (χ1) is 9.76. The van der Waals surface area contributed by atoms with Crippen LogP contribution in [0.15, 0.2) is 17.2 Å². The van der Waals surface area contributed by atoms with Crippen molar-refractivity contribution in [3.63, 3.8) is 0 Å². The molecule has 20 heavy (non-hydrogen) atoms. The minimum Gasteiger partial charge on any atom is -0.507 e. The number of benzene rings is 1. The number of carbonyl (C=O) groups excluding carboxylic acids is 1. The zero-order valence-corrected chi connectivity index (χ0v) is 11.7. The number of carbonyl (C=O) groups is 1. The topological polar surface area (TPSA) is 70.9 Å². The first kappa shape index (κ1) is 14.4. The average molecular weight is 276 g/mol. The lowest BCUT2D eigenvalue weighted by molar-refractivity contribution is -0.108. The van der Waals surface area contributed by atoms with E-state index in [1.165, 1.54) is 0 Å². The molecule has 0 spiro atoms. The number of nitrogens with zero attached hydrogens (tertiary/aromatic N) is 1. The molecule has 2 rings (SSSR count). The van der Waals surface area contributed by atoms with Crippen LogP contribution in [0.3, 0.4) is 0 Å². The van der Waals surface area contributed by atoms with Crippen molar-refractivity contribution < 1.29 is 14.6 Å². The van der Waals surface area contributed by atoms with Crippen LogP contribution in [0.25, 0.3) is 0 Å².